The summed E-state index contributed by atoms with van der Waals surface area (Å²) < 4.78 is 5.95. The minimum Gasteiger partial charge on any atom is -0.492 e. The maximum atomic E-state index is 5.95. The quantitative estimate of drug-likeness (QED) is 0.612. The topological polar surface area (TPSA) is 25.4 Å². The zero-order valence-corrected chi connectivity index (χ0v) is 15.3. The van der Waals surface area contributed by atoms with E-state index >= 15 is 0 Å². The average Bonchev–Trinajstić information content (AvgIpc) is 2.65. The molecular weight excluding hydrogens is 308 g/mol. The van der Waals surface area contributed by atoms with Crippen LogP contribution in [0.3, 0.4) is 0 Å². The Bertz CT molecular complexity index is 826. The summed E-state index contributed by atoms with van der Waals surface area (Å²) in [4.78, 5) is 7.07. The van der Waals surface area contributed by atoms with Gasteiger partial charge in [-0.05, 0) is 49.3 Å². The largest absolute Gasteiger partial charge is 0.492 e. The molecular formula is C22H26N2O. The van der Waals surface area contributed by atoms with Crippen molar-refractivity contribution in [3.05, 3.63) is 60.3 Å². The predicted molar refractivity (Wildman–Crippen MR) is 105 cm³/mol. The second-order valence-corrected chi connectivity index (χ2v) is 6.23. The van der Waals surface area contributed by atoms with Gasteiger partial charge in [-0.2, -0.15) is 0 Å². The first-order valence-corrected chi connectivity index (χ1v) is 9.03. The lowest BCUT2D eigenvalue weighted by Crippen LogP contribution is -2.27. The van der Waals surface area contributed by atoms with Crippen LogP contribution in [-0.2, 0) is 0 Å². The van der Waals surface area contributed by atoms with E-state index in [1.165, 1.54) is 11.1 Å². The first-order valence-electron chi connectivity index (χ1n) is 9.03. The van der Waals surface area contributed by atoms with E-state index in [4.69, 9.17) is 9.72 Å². The lowest BCUT2D eigenvalue weighted by atomic mass is 10.0. The highest BCUT2D eigenvalue weighted by Gasteiger charge is 2.08. The van der Waals surface area contributed by atoms with Crippen molar-refractivity contribution in [3.63, 3.8) is 0 Å². The Labute approximate surface area is 150 Å². The normalized spacial score (nSPS) is 11.2. The summed E-state index contributed by atoms with van der Waals surface area (Å²) in [5, 5.41) is 1.16. The molecule has 2 aromatic carbocycles. The van der Waals surface area contributed by atoms with Crippen LogP contribution in [0.2, 0.25) is 0 Å². The van der Waals surface area contributed by atoms with Gasteiger partial charge in [-0.1, -0.05) is 44.2 Å². The van der Waals surface area contributed by atoms with Crippen LogP contribution in [-0.4, -0.2) is 36.1 Å². The van der Waals surface area contributed by atoms with Crippen molar-refractivity contribution in [2.75, 3.05) is 26.2 Å². The Morgan fingerprint density at radius 2 is 1.72 bits per heavy atom. The standard InChI is InChI=1S/C22H26N2O/c1-4-24(5-2)13-14-25-19-11-12-20-21(18-9-7-6-8-10-18)15-17(3)23-22(20)16-19/h6-12,15-16H,4-5,13-14H2,1-3H3. The van der Waals surface area contributed by atoms with Crippen LogP contribution in [0.15, 0.2) is 54.6 Å². The Morgan fingerprint density at radius 3 is 2.44 bits per heavy atom. The minimum atomic E-state index is 0.699. The highest BCUT2D eigenvalue weighted by atomic mass is 16.5. The van der Waals surface area contributed by atoms with Crippen LogP contribution >= 0.6 is 0 Å². The first kappa shape index (κ1) is 17.4. The summed E-state index contributed by atoms with van der Waals surface area (Å²) in [6.07, 6.45) is 0. The molecule has 25 heavy (non-hydrogen) atoms. The average molecular weight is 334 g/mol. The molecule has 0 aliphatic rings. The summed E-state index contributed by atoms with van der Waals surface area (Å²) in [6, 6.07) is 18.8. The summed E-state index contributed by atoms with van der Waals surface area (Å²) in [5.74, 6) is 0.886. The lowest BCUT2D eigenvalue weighted by molar-refractivity contribution is 0.223. The number of aromatic nitrogens is 1. The van der Waals surface area contributed by atoms with Crippen LogP contribution in [0.5, 0.6) is 5.75 Å². The second kappa shape index (κ2) is 8.13. The van der Waals surface area contributed by atoms with Gasteiger partial charge in [0.05, 0.1) is 5.52 Å². The van der Waals surface area contributed by atoms with Gasteiger partial charge in [-0.15, -0.1) is 0 Å². The number of aryl methyl sites for hydroxylation is 1. The van der Waals surface area contributed by atoms with E-state index in [0.717, 1.165) is 42.0 Å². The van der Waals surface area contributed by atoms with Gasteiger partial charge in [-0.25, -0.2) is 0 Å². The van der Waals surface area contributed by atoms with Crippen molar-refractivity contribution < 1.29 is 4.74 Å². The van der Waals surface area contributed by atoms with E-state index in [-0.39, 0.29) is 0 Å². The molecule has 0 N–H and O–H groups in total. The van der Waals surface area contributed by atoms with E-state index < -0.39 is 0 Å². The zero-order chi connectivity index (χ0) is 17.6. The van der Waals surface area contributed by atoms with Crippen LogP contribution in [0, 0.1) is 6.92 Å². The summed E-state index contributed by atoms with van der Waals surface area (Å²) in [6.45, 7) is 10.2. The summed E-state index contributed by atoms with van der Waals surface area (Å²) in [7, 11) is 0. The third kappa shape index (κ3) is 4.18. The van der Waals surface area contributed by atoms with Gasteiger partial charge in [-0.3, -0.25) is 4.98 Å². The van der Waals surface area contributed by atoms with Gasteiger partial charge in [0.2, 0.25) is 0 Å². The maximum absolute atomic E-state index is 5.95. The Balaban J connectivity index is 1.86. The lowest BCUT2D eigenvalue weighted by Gasteiger charge is -2.18. The number of likely N-dealkylation sites (N-methyl/N-ethyl adjacent to an activating group) is 1. The van der Waals surface area contributed by atoms with Crippen LogP contribution in [0.1, 0.15) is 19.5 Å². The summed E-state index contributed by atoms with van der Waals surface area (Å²) >= 11 is 0. The van der Waals surface area contributed by atoms with Gasteiger partial charge in [0.1, 0.15) is 12.4 Å². The van der Waals surface area contributed by atoms with Crippen LogP contribution in [0.4, 0.5) is 0 Å². The van der Waals surface area contributed by atoms with Gasteiger partial charge in [0.25, 0.3) is 0 Å². The molecule has 0 aliphatic heterocycles. The van der Waals surface area contributed by atoms with Crippen molar-refractivity contribution >= 4 is 10.9 Å². The fourth-order valence-corrected chi connectivity index (χ4v) is 3.12. The monoisotopic (exact) mass is 334 g/mol. The first-order chi connectivity index (χ1) is 12.2. The molecule has 0 unspecified atom stereocenters. The van der Waals surface area contributed by atoms with Crippen LogP contribution in [0.25, 0.3) is 22.0 Å². The molecule has 0 saturated heterocycles. The molecule has 0 spiro atoms. The number of fused-ring (bicyclic) bond motifs is 1. The Morgan fingerprint density at radius 1 is 0.960 bits per heavy atom. The predicted octanol–water partition coefficient (Wildman–Crippen LogP) is 4.93. The molecule has 3 aromatic rings. The van der Waals surface area contributed by atoms with Crippen molar-refractivity contribution in [2.24, 2.45) is 0 Å². The number of rotatable bonds is 7. The molecule has 3 nitrogen and oxygen atoms in total. The van der Waals surface area contributed by atoms with Gasteiger partial charge < -0.3 is 9.64 Å². The third-order valence-electron chi connectivity index (χ3n) is 4.56. The van der Waals surface area contributed by atoms with Gasteiger partial charge >= 0.3 is 0 Å². The van der Waals surface area contributed by atoms with Crippen molar-refractivity contribution in [2.45, 2.75) is 20.8 Å². The van der Waals surface area contributed by atoms with Gasteiger partial charge in [0, 0.05) is 23.7 Å². The Kier molecular flexibility index (Phi) is 5.67. The van der Waals surface area contributed by atoms with Crippen LogP contribution < -0.4 is 4.74 Å². The van der Waals surface area contributed by atoms with Crippen molar-refractivity contribution in [1.82, 2.24) is 9.88 Å². The van der Waals surface area contributed by atoms with E-state index in [1.54, 1.807) is 0 Å². The molecule has 3 rings (SSSR count). The molecule has 0 fully saturated rings. The molecule has 0 atom stereocenters. The molecule has 0 aliphatic carbocycles. The molecule has 130 valence electrons. The molecule has 1 aromatic heterocycles. The molecule has 3 heteroatoms. The Hall–Kier alpha value is -2.39. The molecule has 0 radical (unpaired) electrons. The number of ether oxygens (including phenoxy) is 1. The number of hydrogen-bond acceptors (Lipinski definition) is 3. The van der Waals surface area contributed by atoms with E-state index in [1.807, 2.05) is 19.1 Å². The fraction of sp³-hybridized carbons (Fsp3) is 0.318. The second-order valence-electron chi connectivity index (χ2n) is 6.23. The number of hydrogen-bond donors (Lipinski definition) is 0. The number of benzene rings is 2. The van der Waals surface area contributed by atoms with E-state index in [0.29, 0.717) is 6.61 Å². The molecule has 1 heterocycles. The van der Waals surface area contributed by atoms with Crippen molar-refractivity contribution in [1.29, 1.82) is 0 Å². The third-order valence-corrected chi connectivity index (χ3v) is 4.56. The minimum absolute atomic E-state index is 0.699. The SMILES string of the molecule is CCN(CC)CCOc1ccc2c(-c3ccccc3)cc(C)nc2c1. The number of pyridine rings is 1. The zero-order valence-electron chi connectivity index (χ0n) is 15.3. The summed E-state index contributed by atoms with van der Waals surface area (Å²) in [5.41, 5.74) is 4.44. The van der Waals surface area contributed by atoms with E-state index in [2.05, 4.69) is 61.2 Å². The highest BCUT2D eigenvalue weighted by Crippen LogP contribution is 2.30. The number of nitrogens with zero attached hydrogens (tertiary/aromatic N) is 2. The van der Waals surface area contributed by atoms with E-state index in [9.17, 15) is 0 Å². The smallest absolute Gasteiger partial charge is 0.121 e. The maximum Gasteiger partial charge on any atom is 0.121 e. The molecule has 0 amide bonds. The molecule has 0 saturated carbocycles. The molecule has 0 bridgehead atoms. The van der Waals surface area contributed by atoms with Crippen molar-refractivity contribution in [3.8, 4) is 16.9 Å². The fourth-order valence-electron chi connectivity index (χ4n) is 3.12. The van der Waals surface area contributed by atoms with Gasteiger partial charge in [0.15, 0.2) is 0 Å². The highest BCUT2D eigenvalue weighted by molar-refractivity contribution is 5.95.